The van der Waals surface area contributed by atoms with Crippen LogP contribution in [-0.2, 0) is 4.74 Å². The van der Waals surface area contributed by atoms with Crippen molar-refractivity contribution in [2.45, 2.75) is 33.0 Å². The molecule has 0 spiro atoms. The van der Waals surface area contributed by atoms with Crippen molar-refractivity contribution < 1.29 is 14.6 Å². The lowest BCUT2D eigenvalue weighted by Crippen LogP contribution is -2.25. The zero-order valence-corrected chi connectivity index (χ0v) is 12.0. The van der Waals surface area contributed by atoms with Crippen LogP contribution in [0.3, 0.4) is 0 Å². The highest BCUT2D eigenvalue weighted by Gasteiger charge is 2.08. The van der Waals surface area contributed by atoms with Gasteiger partial charge in [0.1, 0.15) is 18.5 Å². The van der Waals surface area contributed by atoms with Crippen LogP contribution in [0.1, 0.15) is 19.4 Å². The maximum absolute atomic E-state index is 9.65. The molecule has 1 atom stereocenters. The van der Waals surface area contributed by atoms with Gasteiger partial charge in [-0.05, 0) is 44.5 Å². The summed E-state index contributed by atoms with van der Waals surface area (Å²) >= 11 is 3.39. The molecule has 0 saturated heterocycles. The van der Waals surface area contributed by atoms with Crippen LogP contribution < -0.4 is 4.74 Å². The number of rotatable bonds is 6. The second kappa shape index (κ2) is 6.99. The van der Waals surface area contributed by atoms with Crippen LogP contribution in [0.2, 0.25) is 0 Å². The Bertz CT molecular complexity index is 353. The first-order valence-corrected chi connectivity index (χ1v) is 6.47. The predicted octanol–water partition coefficient (Wildman–Crippen LogP) is 2.92. The van der Waals surface area contributed by atoms with Crippen molar-refractivity contribution in [1.82, 2.24) is 0 Å². The standard InChI is InChI=1S/C13H19BrO3/c1-9(2)16-7-12(15)8-17-13-5-4-11(14)6-10(13)3/h4-6,9,12,15H,7-8H2,1-3H3. The minimum absolute atomic E-state index is 0.124. The number of benzene rings is 1. The molecule has 1 aromatic rings. The van der Waals surface area contributed by atoms with Crippen LogP contribution in [0.15, 0.2) is 22.7 Å². The smallest absolute Gasteiger partial charge is 0.122 e. The van der Waals surface area contributed by atoms with E-state index in [1.165, 1.54) is 0 Å². The lowest BCUT2D eigenvalue weighted by atomic mass is 10.2. The Labute approximate surface area is 111 Å². The average molecular weight is 303 g/mol. The van der Waals surface area contributed by atoms with Crippen LogP contribution in [0.25, 0.3) is 0 Å². The Hall–Kier alpha value is -0.580. The number of aryl methyl sites for hydroxylation is 1. The largest absolute Gasteiger partial charge is 0.491 e. The normalized spacial score (nSPS) is 12.8. The first-order chi connectivity index (χ1) is 7.99. The summed E-state index contributed by atoms with van der Waals surface area (Å²) in [6, 6.07) is 5.78. The summed E-state index contributed by atoms with van der Waals surface area (Å²) in [5.74, 6) is 0.789. The molecule has 0 fully saturated rings. The number of aliphatic hydroxyl groups is 1. The van der Waals surface area contributed by atoms with E-state index >= 15 is 0 Å². The third-order valence-electron chi connectivity index (χ3n) is 2.19. The predicted molar refractivity (Wildman–Crippen MR) is 71.5 cm³/mol. The molecule has 4 heteroatoms. The van der Waals surface area contributed by atoms with Gasteiger partial charge in [0.25, 0.3) is 0 Å². The van der Waals surface area contributed by atoms with E-state index in [2.05, 4.69) is 15.9 Å². The van der Waals surface area contributed by atoms with E-state index < -0.39 is 6.10 Å². The number of halogens is 1. The summed E-state index contributed by atoms with van der Waals surface area (Å²) < 4.78 is 11.9. The molecule has 1 N–H and O–H groups in total. The topological polar surface area (TPSA) is 38.7 Å². The van der Waals surface area contributed by atoms with Crippen molar-refractivity contribution in [3.8, 4) is 5.75 Å². The van der Waals surface area contributed by atoms with Crippen molar-refractivity contribution >= 4 is 15.9 Å². The lowest BCUT2D eigenvalue weighted by Gasteiger charge is -2.15. The quantitative estimate of drug-likeness (QED) is 0.878. The second-order valence-corrected chi connectivity index (χ2v) is 5.17. The van der Waals surface area contributed by atoms with E-state index in [-0.39, 0.29) is 12.7 Å². The molecule has 0 aliphatic rings. The van der Waals surface area contributed by atoms with Gasteiger partial charge in [-0.3, -0.25) is 0 Å². The minimum atomic E-state index is -0.597. The number of hydrogen-bond acceptors (Lipinski definition) is 3. The summed E-state index contributed by atoms with van der Waals surface area (Å²) in [6.45, 7) is 6.39. The Kier molecular flexibility index (Phi) is 5.95. The van der Waals surface area contributed by atoms with Gasteiger partial charge >= 0.3 is 0 Å². The van der Waals surface area contributed by atoms with Crippen molar-refractivity contribution in [1.29, 1.82) is 0 Å². The highest BCUT2D eigenvalue weighted by molar-refractivity contribution is 9.10. The van der Waals surface area contributed by atoms with Crippen molar-refractivity contribution in [2.24, 2.45) is 0 Å². The number of hydrogen-bond donors (Lipinski definition) is 1. The van der Waals surface area contributed by atoms with Gasteiger partial charge in [0, 0.05) is 4.47 Å². The molecular weight excluding hydrogens is 284 g/mol. The summed E-state index contributed by atoms with van der Waals surface area (Å²) in [6.07, 6.45) is -0.473. The Morgan fingerprint density at radius 2 is 2.00 bits per heavy atom. The van der Waals surface area contributed by atoms with E-state index in [9.17, 15) is 5.11 Å². The fraction of sp³-hybridized carbons (Fsp3) is 0.538. The molecule has 0 heterocycles. The van der Waals surface area contributed by atoms with Crippen LogP contribution in [0.5, 0.6) is 5.75 Å². The van der Waals surface area contributed by atoms with E-state index in [0.29, 0.717) is 6.61 Å². The molecule has 0 aromatic heterocycles. The van der Waals surface area contributed by atoms with Crippen LogP contribution in [0, 0.1) is 6.92 Å². The highest BCUT2D eigenvalue weighted by Crippen LogP contribution is 2.22. The molecule has 0 saturated carbocycles. The van der Waals surface area contributed by atoms with Crippen molar-refractivity contribution in [2.75, 3.05) is 13.2 Å². The van der Waals surface area contributed by atoms with Gasteiger partial charge in [0.15, 0.2) is 0 Å². The van der Waals surface area contributed by atoms with E-state index in [0.717, 1.165) is 15.8 Å². The molecule has 96 valence electrons. The maximum Gasteiger partial charge on any atom is 0.122 e. The van der Waals surface area contributed by atoms with Crippen LogP contribution in [-0.4, -0.2) is 30.5 Å². The Balaban J connectivity index is 2.39. The summed E-state index contributed by atoms with van der Waals surface area (Å²) in [5.41, 5.74) is 1.04. The molecule has 17 heavy (non-hydrogen) atoms. The molecule has 0 bridgehead atoms. The van der Waals surface area contributed by atoms with Crippen molar-refractivity contribution in [3.63, 3.8) is 0 Å². The van der Waals surface area contributed by atoms with Crippen molar-refractivity contribution in [3.05, 3.63) is 28.2 Å². The molecule has 1 unspecified atom stereocenters. The Morgan fingerprint density at radius 3 is 2.59 bits per heavy atom. The molecule has 1 aromatic carbocycles. The van der Waals surface area contributed by atoms with Gasteiger partial charge in [-0.25, -0.2) is 0 Å². The van der Waals surface area contributed by atoms with Gasteiger partial charge in [-0.15, -0.1) is 0 Å². The van der Waals surface area contributed by atoms with E-state index in [4.69, 9.17) is 9.47 Å². The molecule has 1 rings (SSSR count). The first-order valence-electron chi connectivity index (χ1n) is 5.67. The lowest BCUT2D eigenvalue weighted by molar-refractivity contribution is -0.0123. The first kappa shape index (κ1) is 14.5. The molecule has 0 radical (unpaired) electrons. The summed E-state index contributed by atoms with van der Waals surface area (Å²) in [4.78, 5) is 0. The molecule has 0 aliphatic carbocycles. The van der Waals surface area contributed by atoms with Gasteiger partial charge in [0.05, 0.1) is 12.7 Å². The fourth-order valence-electron chi connectivity index (χ4n) is 1.31. The van der Waals surface area contributed by atoms with Gasteiger partial charge < -0.3 is 14.6 Å². The van der Waals surface area contributed by atoms with Crippen LogP contribution in [0.4, 0.5) is 0 Å². The van der Waals surface area contributed by atoms with E-state index in [1.54, 1.807) is 0 Å². The number of aliphatic hydroxyl groups excluding tert-OH is 1. The monoisotopic (exact) mass is 302 g/mol. The van der Waals surface area contributed by atoms with Gasteiger partial charge in [-0.1, -0.05) is 15.9 Å². The van der Waals surface area contributed by atoms with Gasteiger partial charge in [0.2, 0.25) is 0 Å². The number of ether oxygens (including phenoxy) is 2. The Morgan fingerprint density at radius 1 is 1.29 bits per heavy atom. The fourth-order valence-corrected chi connectivity index (χ4v) is 1.79. The SMILES string of the molecule is Cc1cc(Br)ccc1OCC(O)COC(C)C. The molecular formula is C13H19BrO3. The third kappa shape index (κ3) is 5.52. The summed E-state index contributed by atoms with van der Waals surface area (Å²) in [7, 11) is 0. The summed E-state index contributed by atoms with van der Waals surface area (Å²) in [5, 5.41) is 9.65. The third-order valence-corrected chi connectivity index (χ3v) is 2.68. The molecule has 0 aliphatic heterocycles. The van der Waals surface area contributed by atoms with Gasteiger partial charge in [-0.2, -0.15) is 0 Å². The minimum Gasteiger partial charge on any atom is -0.491 e. The maximum atomic E-state index is 9.65. The second-order valence-electron chi connectivity index (χ2n) is 4.26. The van der Waals surface area contributed by atoms with E-state index in [1.807, 2.05) is 39.0 Å². The highest BCUT2D eigenvalue weighted by atomic mass is 79.9. The van der Waals surface area contributed by atoms with Crippen LogP contribution >= 0.6 is 15.9 Å². The average Bonchev–Trinajstić information content (AvgIpc) is 2.25. The molecule has 3 nitrogen and oxygen atoms in total. The zero-order valence-electron chi connectivity index (χ0n) is 10.4. The molecule has 0 amide bonds. The zero-order chi connectivity index (χ0) is 12.8.